The number of anilines is 4. The molecule has 4 heterocycles. The van der Waals surface area contributed by atoms with Crippen molar-refractivity contribution in [3.63, 3.8) is 0 Å². The fourth-order valence-corrected chi connectivity index (χ4v) is 6.00. The van der Waals surface area contributed by atoms with Crippen molar-refractivity contribution in [2.45, 2.75) is 58.8 Å². The van der Waals surface area contributed by atoms with Crippen LogP contribution in [0.4, 0.5) is 23.3 Å². The first kappa shape index (κ1) is 42.4. The number of ether oxygens (including phenoxy) is 2. The van der Waals surface area contributed by atoms with Gasteiger partial charge in [0, 0.05) is 31.7 Å². The van der Waals surface area contributed by atoms with E-state index in [0.717, 1.165) is 63.2 Å². The van der Waals surface area contributed by atoms with E-state index in [1.54, 1.807) is 24.3 Å². The third kappa shape index (κ3) is 12.0. The first-order valence-corrected chi connectivity index (χ1v) is 17.7. The van der Waals surface area contributed by atoms with Gasteiger partial charge in [0.1, 0.15) is 5.69 Å². The topological polar surface area (TPSA) is 203 Å². The zero-order valence-electron chi connectivity index (χ0n) is 29.6. The van der Waals surface area contributed by atoms with Crippen LogP contribution in [-0.2, 0) is 9.47 Å². The summed E-state index contributed by atoms with van der Waals surface area (Å²) >= 11 is 6.11. The molecule has 2 aromatic heterocycles. The summed E-state index contributed by atoms with van der Waals surface area (Å²) in [6, 6.07) is 18.4. The average molecular weight is 749 g/mol. The van der Waals surface area contributed by atoms with Crippen LogP contribution in [0.5, 0.6) is 0 Å². The molecular formula is C37H50BClN8O6. The molecule has 2 fully saturated rings. The summed E-state index contributed by atoms with van der Waals surface area (Å²) in [7, 11) is 1.24. The van der Waals surface area contributed by atoms with Gasteiger partial charge in [0.15, 0.2) is 39.8 Å². The molecule has 2 aliphatic rings. The van der Waals surface area contributed by atoms with Crippen molar-refractivity contribution < 1.29 is 29.1 Å². The monoisotopic (exact) mass is 748 g/mol. The number of nitrogen functional groups attached to an aromatic ring is 2. The van der Waals surface area contributed by atoms with Gasteiger partial charge in [0.05, 0.1) is 14.2 Å². The van der Waals surface area contributed by atoms with Crippen LogP contribution in [0.2, 0.25) is 5.15 Å². The van der Waals surface area contributed by atoms with Crippen LogP contribution >= 0.6 is 11.6 Å². The molecule has 284 valence electrons. The number of carbonyl (C=O) groups is 2. The molecule has 0 atom stereocenters. The van der Waals surface area contributed by atoms with Crippen LogP contribution in [0.3, 0.4) is 0 Å². The number of methoxy groups -OCH3 is 2. The zero-order chi connectivity index (χ0) is 37.5. The molecule has 14 nitrogen and oxygen atoms in total. The van der Waals surface area contributed by atoms with Gasteiger partial charge in [-0.3, -0.25) is 0 Å². The minimum atomic E-state index is -1.34. The van der Waals surface area contributed by atoms with E-state index in [2.05, 4.69) is 34.5 Å². The van der Waals surface area contributed by atoms with E-state index >= 15 is 0 Å². The summed E-state index contributed by atoms with van der Waals surface area (Å²) in [5.41, 5.74) is 13.9. The molecule has 0 bridgehead atoms. The molecule has 2 aromatic carbocycles. The van der Waals surface area contributed by atoms with Crippen molar-refractivity contribution >= 4 is 59.4 Å². The maximum atomic E-state index is 11.9. The lowest BCUT2D eigenvalue weighted by Crippen LogP contribution is -2.29. The molecule has 0 unspecified atom stereocenters. The van der Waals surface area contributed by atoms with E-state index in [1.165, 1.54) is 39.9 Å². The highest BCUT2D eigenvalue weighted by atomic mass is 35.5. The molecule has 0 radical (unpaired) electrons. The van der Waals surface area contributed by atoms with Gasteiger partial charge in [-0.2, -0.15) is 0 Å². The smallest absolute Gasteiger partial charge is 0.464 e. The summed E-state index contributed by atoms with van der Waals surface area (Å²) in [4.78, 5) is 45.0. The molecule has 53 heavy (non-hydrogen) atoms. The highest BCUT2D eigenvalue weighted by Crippen LogP contribution is 2.31. The van der Waals surface area contributed by atoms with Crippen LogP contribution in [0.15, 0.2) is 60.7 Å². The van der Waals surface area contributed by atoms with Gasteiger partial charge in [-0.05, 0) is 31.1 Å². The SMILES string of the molecule is C.COC(=O)c1nc(-c2ccccc2)c(N2CCCCCC2)nc1N.COC(=O)c1nc(Cl)c(N2CCCCCC2)nc1N.OB(O)c1ccccc1. The minimum Gasteiger partial charge on any atom is -0.464 e. The summed E-state index contributed by atoms with van der Waals surface area (Å²) in [6.45, 7) is 3.61. The first-order valence-electron chi connectivity index (χ1n) is 17.3. The number of carbonyl (C=O) groups excluding carboxylic acids is 2. The third-order valence-corrected chi connectivity index (χ3v) is 8.74. The molecule has 6 N–H and O–H groups in total. The predicted molar refractivity (Wildman–Crippen MR) is 210 cm³/mol. The number of esters is 2. The Morgan fingerprint density at radius 2 is 1.08 bits per heavy atom. The molecule has 0 amide bonds. The molecule has 2 aliphatic heterocycles. The highest BCUT2D eigenvalue weighted by molar-refractivity contribution is 6.58. The van der Waals surface area contributed by atoms with E-state index in [0.29, 0.717) is 17.0 Å². The van der Waals surface area contributed by atoms with Crippen molar-refractivity contribution in [2.75, 3.05) is 61.7 Å². The van der Waals surface area contributed by atoms with Crippen LogP contribution in [0.1, 0.15) is 79.8 Å². The first-order chi connectivity index (χ1) is 25.1. The number of rotatable bonds is 6. The summed E-state index contributed by atoms with van der Waals surface area (Å²) in [6.07, 6.45) is 9.28. The second-order valence-electron chi connectivity index (χ2n) is 12.1. The van der Waals surface area contributed by atoms with Crippen LogP contribution < -0.4 is 26.7 Å². The van der Waals surface area contributed by atoms with E-state index in [-0.39, 0.29) is 35.6 Å². The number of nitrogens with zero attached hydrogens (tertiary/aromatic N) is 6. The lowest BCUT2D eigenvalue weighted by Gasteiger charge is -2.24. The summed E-state index contributed by atoms with van der Waals surface area (Å²) in [5, 5.41) is 17.3. The van der Waals surface area contributed by atoms with Crippen molar-refractivity contribution in [1.29, 1.82) is 0 Å². The summed E-state index contributed by atoms with van der Waals surface area (Å²) < 4.78 is 9.36. The van der Waals surface area contributed by atoms with Crippen LogP contribution in [-0.4, -0.2) is 89.4 Å². The number of aromatic nitrogens is 4. The second-order valence-corrected chi connectivity index (χ2v) is 12.5. The lowest BCUT2D eigenvalue weighted by molar-refractivity contribution is 0.0586. The Kier molecular flexibility index (Phi) is 17.2. The Hall–Kier alpha value is -4.99. The Morgan fingerprint density at radius 3 is 1.51 bits per heavy atom. The van der Waals surface area contributed by atoms with E-state index in [4.69, 9.17) is 37.9 Å². The van der Waals surface area contributed by atoms with Gasteiger partial charge in [-0.25, -0.2) is 29.5 Å². The van der Waals surface area contributed by atoms with Gasteiger partial charge in [-0.1, -0.05) is 105 Å². The minimum absolute atomic E-state index is 0. The Bertz CT molecular complexity index is 1740. The molecule has 0 aliphatic carbocycles. The number of halogens is 1. The second kappa shape index (κ2) is 21.5. The van der Waals surface area contributed by atoms with Crippen LogP contribution in [0.25, 0.3) is 11.3 Å². The Balaban J connectivity index is 0.000000232. The predicted octanol–water partition coefficient (Wildman–Crippen LogP) is 4.77. The number of benzene rings is 2. The van der Waals surface area contributed by atoms with Crippen molar-refractivity contribution in [2.24, 2.45) is 0 Å². The van der Waals surface area contributed by atoms with Gasteiger partial charge < -0.3 is 40.8 Å². The fraction of sp³-hybridized carbons (Fsp3) is 0.405. The Morgan fingerprint density at radius 1 is 0.660 bits per heavy atom. The molecule has 0 spiro atoms. The third-order valence-electron chi connectivity index (χ3n) is 8.48. The van der Waals surface area contributed by atoms with E-state index in [9.17, 15) is 9.59 Å². The number of hydrogen-bond donors (Lipinski definition) is 4. The highest BCUT2D eigenvalue weighted by Gasteiger charge is 2.24. The quantitative estimate of drug-likeness (QED) is 0.155. The molecule has 6 rings (SSSR count). The van der Waals surface area contributed by atoms with Gasteiger partial charge in [0.25, 0.3) is 0 Å². The molecule has 16 heteroatoms. The standard InChI is InChI=1S/C18H22N4O2.C12H17ClN4O2.C6H7BO2.CH4/c1-24-18(23)15-16(19)21-17(22-11-7-2-3-8-12-22)14(20-15)13-9-5-4-6-10-13;1-19-12(18)8-10(14)16-11(9(13)15-8)17-6-4-2-3-5-7-17;8-7(9)6-4-2-1-3-5-6;/h4-6,9-10H,2-3,7-8,11-12H2,1H3,(H2,19,21);2-7H2,1H3,(H2,14,16);1-5,8-9H;1H4. The maximum Gasteiger partial charge on any atom is 0.488 e. The Labute approximate surface area is 316 Å². The van der Waals surface area contributed by atoms with Gasteiger partial charge in [-0.15, -0.1) is 0 Å². The van der Waals surface area contributed by atoms with Crippen LogP contribution in [0, 0.1) is 0 Å². The molecular weight excluding hydrogens is 699 g/mol. The van der Waals surface area contributed by atoms with Crippen molar-refractivity contribution in [1.82, 2.24) is 19.9 Å². The van der Waals surface area contributed by atoms with Gasteiger partial charge in [0.2, 0.25) is 0 Å². The van der Waals surface area contributed by atoms with E-state index in [1.807, 2.05) is 36.4 Å². The van der Waals surface area contributed by atoms with E-state index < -0.39 is 19.1 Å². The van der Waals surface area contributed by atoms with Gasteiger partial charge >= 0.3 is 19.1 Å². The lowest BCUT2D eigenvalue weighted by atomic mass is 9.81. The molecule has 4 aromatic rings. The van der Waals surface area contributed by atoms with Crippen molar-refractivity contribution in [3.05, 3.63) is 77.2 Å². The molecule has 2 saturated heterocycles. The maximum absolute atomic E-state index is 11.9. The zero-order valence-corrected chi connectivity index (χ0v) is 30.3. The largest absolute Gasteiger partial charge is 0.488 e. The fourth-order valence-electron chi connectivity index (χ4n) is 5.75. The van der Waals surface area contributed by atoms with Crippen molar-refractivity contribution in [3.8, 4) is 11.3 Å². The normalized spacial score (nSPS) is 14.1. The number of hydrogen-bond acceptors (Lipinski definition) is 14. The summed E-state index contributed by atoms with van der Waals surface area (Å²) in [5.74, 6) is 0.257. The number of nitrogens with two attached hydrogens (primary N) is 2. The average Bonchev–Trinajstić information content (AvgIpc) is 3.62. The molecule has 0 saturated carbocycles.